The standard InChI is InChI=1S/C17H16Cl3NO5S/c1-3-26-17(22)10-21(15-9-16(25-2)14(20)8-13(15)19)27(23,24)12-6-4-11(18)5-7-12/h4-9H,3,10H2,1-2H3. The number of carbonyl (C=O) groups is 1. The van der Waals surface area contributed by atoms with Gasteiger partial charge < -0.3 is 9.47 Å². The van der Waals surface area contributed by atoms with Gasteiger partial charge in [0.2, 0.25) is 0 Å². The number of halogens is 3. The monoisotopic (exact) mass is 451 g/mol. The Morgan fingerprint density at radius 3 is 2.26 bits per heavy atom. The molecule has 146 valence electrons. The van der Waals surface area contributed by atoms with Crippen molar-refractivity contribution in [3.05, 3.63) is 51.5 Å². The van der Waals surface area contributed by atoms with Gasteiger partial charge in [0.1, 0.15) is 12.3 Å². The molecule has 0 aliphatic heterocycles. The fourth-order valence-electron chi connectivity index (χ4n) is 2.22. The molecular formula is C17H16Cl3NO5S. The number of anilines is 1. The number of carbonyl (C=O) groups excluding carboxylic acids is 1. The van der Waals surface area contributed by atoms with Crippen LogP contribution in [0.3, 0.4) is 0 Å². The normalized spacial score (nSPS) is 11.1. The number of rotatable bonds is 7. The van der Waals surface area contributed by atoms with Crippen molar-refractivity contribution in [3.63, 3.8) is 0 Å². The Morgan fingerprint density at radius 2 is 1.70 bits per heavy atom. The van der Waals surface area contributed by atoms with Gasteiger partial charge in [0.15, 0.2) is 0 Å². The van der Waals surface area contributed by atoms with Gasteiger partial charge in [-0.2, -0.15) is 0 Å². The summed E-state index contributed by atoms with van der Waals surface area (Å²) in [6.07, 6.45) is 0. The number of ether oxygens (including phenoxy) is 2. The van der Waals surface area contributed by atoms with Gasteiger partial charge in [0.25, 0.3) is 10.0 Å². The van der Waals surface area contributed by atoms with E-state index in [0.29, 0.717) is 5.02 Å². The predicted molar refractivity (Wildman–Crippen MR) is 106 cm³/mol. The van der Waals surface area contributed by atoms with Crippen LogP contribution in [0.4, 0.5) is 5.69 Å². The van der Waals surface area contributed by atoms with Crippen LogP contribution in [0.25, 0.3) is 0 Å². The fourth-order valence-corrected chi connectivity index (χ4v) is 4.38. The summed E-state index contributed by atoms with van der Waals surface area (Å²) in [5, 5.41) is 0.603. The minimum absolute atomic E-state index is 0.0286. The van der Waals surface area contributed by atoms with Crippen molar-refractivity contribution in [2.75, 3.05) is 24.6 Å². The van der Waals surface area contributed by atoms with Crippen molar-refractivity contribution < 1.29 is 22.7 Å². The lowest BCUT2D eigenvalue weighted by atomic mass is 10.3. The SMILES string of the molecule is CCOC(=O)CN(c1cc(OC)c(Cl)cc1Cl)S(=O)(=O)c1ccc(Cl)cc1. The van der Waals surface area contributed by atoms with Crippen molar-refractivity contribution >= 4 is 56.5 Å². The van der Waals surface area contributed by atoms with E-state index in [2.05, 4.69) is 0 Å². The molecule has 0 saturated heterocycles. The second-order valence-corrected chi connectivity index (χ2v) is 8.32. The Hall–Kier alpha value is -1.67. The fraction of sp³-hybridized carbons (Fsp3) is 0.235. The summed E-state index contributed by atoms with van der Waals surface area (Å²) in [6.45, 7) is 1.14. The quantitative estimate of drug-likeness (QED) is 0.582. The van der Waals surface area contributed by atoms with Crippen LogP contribution in [-0.2, 0) is 19.6 Å². The van der Waals surface area contributed by atoms with Crippen LogP contribution in [0.1, 0.15) is 6.92 Å². The number of hydrogen-bond acceptors (Lipinski definition) is 5. The number of sulfonamides is 1. The van der Waals surface area contributed by atoms with E-state index in [9.17, 15) is 13.2 Å². The predicted octanol–water partition coefficient (Wildman–Crippen LogP) is 4.41. The molecule has 0 unspecified atom stereocenters. The molecular weight excluding hydrogens is 437 g/mol. The van der Waals surface area contributed by atoms with Crippen LogP contribution >= 0.6 is 34.8 Å². The molecule has 2 aromatic rings. The summed E-state index contributed by atoms with van der Waals surface area (Å²) in [4.78, 5) is 12.0. The smallest absolute Gasteiger partial charge is 0.326 e. The lowest BCUT2D eigenvalue weighted by Gasteiger charge is -2.25. The van der Waals surface area contributed by atoms with Crippen LogP contribution in [0.2, 0.25) is 15.1 Å². The Labute approximate surface area is 172 Å². The van der Waals surface area contributed by atoms with Crippen LogP contribution in [0, 0.1) is 0 Å². The summed E-state index contributed by atoms with van der Waals surface area (Å²) < 4.78 is 37.2. The first-order valence-electron chi connectivity index (χ1n) is 7.67. The maximum Gasteiger partial charge on any atom is 0.326 e. The molecule has 0 aliphatic carbocycles. The van der Waals surface area contributed by atoms with Gasteiger partial charge in [-0.1, -0.05) is 34.8 Å². The molecule has 10 heteroatoms. The van der Waals surface area contributed by atoms with Gasteiger partial charge in [-0.3, -0.25) is 9.10 Å². The first kappa shape index (κ1) is 21.6. The Balaban J connectivity index is 2.61. The third kappa shape index (κ3) is 4.99. The molecule has 0 heterocycles. The molecule has 0 N–H and O–H groups in total. The Morgan fingerprint density at radius 1 is 1.07 bits per heavy atom. The summed E-state index contributed by atoms with van der Waals surface area (Å²) in [5.74, 6) is -0.531. The maximum absolute atomic E-state index is 13.2. The van der Waals surface area contributed by atoms with Crippen LogP contribution < -0.4 is 9.04 Å². The second kappa shape index (κ2) is 9.01. The highest BCUT2D eigenvalue weighted by molar-refractivity contribution is 7.92. The number of benzene rings is 2. The van der Waals surface area contributed by atoms with Crippen molar-refractivity contribution in [1.82, 2.24) is 0 Å². The molecule has 2 rings (SSSR count). The summed E-state index contributed by atoms with van der Waals surface area (Å²) in [7, 11) is -2.78. The first-order chi connectivity index (χ1) is 12.7. The zero-order chi connectivity index (χ0) is 20.2. The lowest BCUT2D eigenvalue weighted by Crippen LogP contribution is -2.36. The number of methoxy groups -OCH3 is 1. The lowest BCUT2D eigenvalue weighted by molar-refractivity contribution is -0.141. The van der Waals surface area contributed by atoms with Crippen molar-refractivity contribution in [2.45, 2.75) is 11.8 Å². The van der Waals surface area contributed by atoms with Gasteiger partial charge in [0, 0.05) is 11.1 Å². The highest BCUT2D eigenvalue weighted by atomic mass is 35.5. The minimum Gasteiger partial charge on any atom is -0.495 e. The highest BCUT2D eigenvalue weighted by Gasteiger charge is 2.30. The van der Waals surface area contributed by atoms with Gasteiger partial charge in [-0.15, -0.1) is 0 Å². The Kier molecular flexibility index (Phi) is 7.22. The van der Waals surface area contributed by atoms with E-state index in [4.69, 9.17) is 44.3 Å². The number of nitrogens with zero attached hydrogens (tertiary/aromatic N) is 1. The molecule has 0 fully saturated rings. The van der Waals surface area contributed by atoms with Crippen LogP contribution in [-0.4, -0.2) is 34.6 Å². The third-order valence-corrected chi connectivity index (χ3v) is 6.09. The number of hydrogen-bond donors (Lipinski definition) is 0. The molecule has 0 amide bonds. The molecule has 0 spiro atoms. The minimum atomic E-state index is -4.15. The third-order valence-electron chi connectivity index (χ3n) is 3.47. The van der Waals surface area contributed by atoms with E-state index >= 15 is 0 Å². The van der Waals surface area contributed by atoms with E-state index in [1.54, 1.807) is 6.92 Å². The molecule has 0 radical (unpaired) electrons. The molecule has 2 aromatic carbocycles. The zero-order valence-corrected chi connectivity index (χ0v) is 17.5. The van der Waals surface area contributed by atoms with Crippen molar-refractivity contribution in [2.24, 2.45) is 0 Å². The van der Waals surface area contributed by atoms with Gasteiger partial charge in [0.05, 0.1) is 34.3 Å². The van der Waals surface area contributed by atoms with Gasteiger partial charge in [-0.25, -0.2) is 8.42 Å². The topological polar surface area (TPSA) is 72.9 Å². The van der Waals surface area contributed by atoms with Gasteiger partial charge >= 0.3 is 5.97 Å². The van der Waals surface area contributed by atoms with Crippen molar-refractivity contribution in [3.8, 4) is 5.75 Å². The molecule has 0 saturated carbocycles. The average molecular weight is 453 g/mol. The van der Waals surface area contributed by atoms with Crippen LogP contribution in [0.15, 0.2) is 41.3 Å². The summed E-state index contributed by atoms with van der Waals surface area (Å²) in [5.41, 5.74) is 0.0286. The number of esters is 1. The van der Waals surface area contributed by atoms with E-state index in [-0.39, 0.29) is 33.0 Å². The highest BCUT2D eigenvalue weighted by Crippen LogP contribution is 2.38. The maximum atomic E-state index is 13.2. The van der Waals surface area contributed by atoms with E-state index in [1.807, 2.05) is 0 Å². The first-order valence-corrected chi connectivity index (χ1v) is 10.2. The molecule has 27 heavy (non-hydrogen) atoms. The van der Waals surface area contributed by atoms with Crippen molar-refractivity contribution in [1.29, 1.82) is 0 Å². The van der Waals surface area contributed by atoms with Gasteiger partial charge in [-0.05, 0) is 37.3 Å². The second-order valence-electron chi connectivity index (χ2n) is 5.21. The Bertz CT molecular complexity index is 932. The average Bonchev–Trinajstić information content (AvgIpc) is 2.61. The van der Waals surface area contributed by atoms with E-state index < -0.39 is 22.5 Å². The molecule has 0 bridgehead atoms. The van der Waals surface area contributed by atoms with E-state index in [0.717, 1.165) is 4.31 Å². The van der Waals surface area contributed by atoms with E-state index in [1.165, 1.54) is 43.5 Å². The molecule has 6 nitrogen and oxygen atoms in total. The molecule has 0 atom stereocenters. The molecule has 0 aliphatic rings. The summed E-state index contributed by atoms with van der Waals surface area (Å²) >= 11 is 18.1. The largest absolute Gasteiger partial charge is 0.495 e. The zero-order valence-electron chi connectivity index (χ0n) is 14.4. The molecule has 0 aromatic heterocycles. The van der Waals surface area contributed by atoms with Crippen LogP contribution in [0.5, 0.6) is 5.75 Å². The summed E-state index contributed by atoms with van der Waals surface area (Å²) in [6, 6.07) is 8.21.